The van der Waals surface area contributed by atoms with E-state index in [9.17, 15) is 23.1 Å². The SMILES string of the molecule is C[C@@H]1C(=O)N(C)c2ccc(Nc3cccc(S(=O)(=O)N4CC5(CCC5)C4)c3)nc2N1C1CCN(C(=O)O)C(C(C)(C)C)C1. The Morgan fingerprint density at radius 2 is 1.86 bits per heavy atom. The van der Waals surface area contributed by atoms with Crippen LogP contribution in [0.2, 0.25) is 0 Å². The van der Waals surface area contributed by atoms with Crippen molar-refractivity contribution in [1.82, 2.24) is 14.2 Å². The number of sulfonamides is 1. The summed E-state index contributed by atoms with van der Waals surface area (Å²) in [5, 5.41) is 13.2. The molecule has 3 atom stereocenters. The smallest absolute Gasteiger partial charge is 0.407 e. The van der Waals surface area contributed by atoms with Gasteiger partial charge in [0.05, 0.1) is 10.6 Å². The molecule has 11 nitrogen and oxygen atoms in total. The number of pyridine rings is 1. The monoisotopic (exact) mass is 610 g/mol. The number of carbonyl (C=O) groups is 2. The van der Waals surface area contributed by atoms with Gasteiger partial charge in [0.1, 0.15) is 11.9 Å². The normalized spacial score (nSPS) is 25.7. The van der Waals surface area contributed by atoms with Crippen molar-refractivity contribution in [2.75, 3.05) is 41.8 Å². The number of piperidine rings is 1. The number of carboxylic acid groups (broad SMARTS) is 1. The highest BCUT2D eigenvalue weighted by atomic mass is 32.2. The van der Waals surface area contributed by atoms with Crippen LogP contribution in [0.15, 0.2) is 41.3 Å². The zero-order chi connectivity index (χ0) is 30.9. The molecule has 1 saturated carbocycles. The Morgan fingerprint density at radius 3 is 2.49 bits per heavy atom. The molecule has 3 aliphatic heterocycles. The third-order valence-electron chi connectivity index (χ3n) is 9.96. The van der Waals surface area contributed by atoms with E-state index in [-0.39, 0.29) is 33.7 Å². The number of carbonyl (C=O) groups excluding carboxylic acids is 1. The number of benzene rings is 1. The number of rotatable bonds is 5. The molecule has 0 radical (unpaired) electrons. The Hall–Kier alpha value is -3.38. The molecule has 43 heavy (non-hydrogen) atoms. The minimum absolute atomic E-state index is 0.0458. The van der Waals surface area contributed by atoms with Gasteiger partial charge in [0.25, 0.3) is 0 Å². The largest absolute Gasteiger partial charge is 0.465 e. The van der Waals surface area contributed by atoms with E-state index >= 15 is 0 Å². The lowest BCUT2D eigenvalue weighted by Crippen LogP contribution is -2.61. The van der Waals surface area contributed by atoms with Crippen LogP contribution in [-0.2, 0) is 14.8 Å². The van der Waals surface area contributed by atoms with Crippen LogP contribution in [-0.4, -0.2) is 84.5 Å². The summed E-state index contributed by atoms with van der Waals surface area (Å²) in [7, 11) is -1.83. The summed E-state index contributed by atoms with van der Waals surface area (Å²) in [6.07, 6.45) is 3.63. The number of hydrogen-bond acceptors (Lipinski definition) is 7. The van der Waals surface area contributed by atoms with E-state index in [1.165, 1.54) is 11.3 Å². The Morgan fingerprint density at radius 1 is 1.14 bits per heavy atom. The third kappa shape index (κ3) is 5.12. The second kappa shape index (κ2) is 10.4. The van der Waals surface area contributed by atoms with E-state index < -0.39 is 22.2 Å². The number of aromatic nitrogens is 1. The van der Waals surface area contributed by atoms with Gasteiger partial charge in [-0.1, -0.05) is 33.3 Å². The van der Waals surface area contributed by atoms with Crippen LogP contribution in [0.25, 0.3) is 0 Å². The number of anilines is 4. The lowest BCUT2D eigenvalue weighted by molar-refractivity contribution is -0.119. The fourth-order valence-electron chi connectivity index (χ4n) is 7.30. The minimum Gasteiger partial charge on any atom is -0.465 e. The first kappa shape index (κ1) is 29.7. The Balaban J connectivity index is 1.27. The topological polar surface area (TPSA) is 126 Å². The number of amides is 2. The van der Waals surface area contributed by atoms with Gasteiger partial charge in [0.15, 0.2) is 5.82 Å². The van der Waals surface area contributed by atoms with Gasteiger partial charge in [-0.25, -0.2) is 18.2 Å². The van der Waals surface area contributed by atoms with Gasteiger partial charge in [-0.15, -0.1) is 0 Å². The molecule has 4 heterocycles. The number of nitrogens with one attached hydrogen (secondary N) is 1. The fraction of sp³-hybridized carbons (Fsp3) is 0.581. The summed E-state index contributed by atoms with van der Waals surface area (Å²) in [5.74, 6) is 1.13. The van der Waals surface area contributed by atoms with Crippen LogP contribution in [0.5, 0.6) is 0 Å². The second-order valence-corrected chi connectivity index (χ2v) is 15.8. The van der Waals surface area contributed by atoms with E-state index in [4.69, 9.17) is 4.98 Å². The zero-order valence-electron chi connectivity index (χ0n) is 25.6. The predicted octanol–water partition coefficient (Wildman–Crippen LogP) is 4.73. The fourth-order valence-corrected chi connectivity index (χ4v) is 9.01. The molecule has 1 aromatic carbocycles. The molecule has 2 N–H and O–H groups in total. The van der Waals surface area contributed by atoms with Gasteiger partial charge in [0, 0.05) is 44.5 Å². The molecular weight excluding hydrogens is 568 g/mol. The first-order valence-electron chi connectivity index (χ1n) is 15.1. The van der Waals surface area contributed by atoms with Crippen molar-refractivity contribution in [2.45, 2.75) is 82.8 Å². The van der Waals surface area contributed by atoms with Crippen LogP contribution < -0.4 is 15.1 Å². The zero-order valence-corrected chi connectivity index (χ0v) is 26.4. The molecule has 1 aliphatic carbocycles. The molecule has 4 aliphatic rings. The molecule has 232 valence electrons. The maximum Gasteiger partial charge on any atom is 0.407 e. The molecule has 2 saturated heterocycles. The van der Waals surface area contributed by atoms with Gasteiger partial charge < -0.3 is 25.1 Å². The van der Waals surface area contributed by atoms with Crippen molar-refractivity contribution >= 4 is 45.0 Å². The van der Waals surface area contributed by atoms with Crippen molar-refractivity contribution in [3.8, 4) is 0 Å². The Labute approximate surface area is 253 Å². The molecule has 1 spiro atoms. The summed E-state index contributed by atoms with van der Waals surface area (Å²) < 4.78 is 28.2. The van der Waals surface area contributed by atoms with E-state index in [1.807, 2.05) is 39.8 Å². The van der Waals surface area contributed by atoms with E-state index in [2.05, 4.69) is 10.2 Å². The minimum atomic E-state index is -3.58. The van der Waals surface area contributed by atoms with Crippen molar-refractivity contribution < 1.29 is 23.1 Å². The lowest BCUT2D eigenvalue weighted by Gasteiger charge is -2.54. The number of fused-ring (bicyclic) bond motifs is 1. The van der Waals surface area contributed by atoms with Crippen LogP contribution >= 0.6 is 0 Å². The average molecular weight is 611 g/mol. The number of likely N-dealkylation sites (tertiary alicyclic amines) is 1. The summed E-state index contributed by atoms with van der Waals surface area (Å²) in [6.45, 7) is 9.58. The molecule has 3 fully saturated rings. The predicted molar refractivity (Wildman–Crippen MR) is 165 cm³/mol. The van der Waals surface area contributed by atoms with Crippen LogP contribution in [0.1, 0.15) is 59.8 Å². The Kier molecular flexibility index (Phi) is 7.15. The van der Waals surface area contributed by atoms with Gasteiger partial charge in [-0.05, 0) is 73.8 Å². The maximum absolute atomic E-state index is 13.3. The first-order valence-corrected chi connectivity index (χ1v) is 16.6. The average Bonchev–Trinajstić information content (AvgIpc) is 2.90. The number of nitrogens with zero attached hydrogens (tertiary/aromatic N) is 5. The van der Waals surface area contributed by atoms with Crippen LogP contribution in [0, 0.1) is 10.8 Å². The van der Waals surface area contributed by atoms with E-state index in [0.29, 0.717) is 55.5 Å². The third-order valence-corrected chi connectivity index (χ3v) is 11.7. The van der Waals surface area contributed by atoms with Crippen molar-refractivity contribution in [3.05, 3.63) is 36.4 Å². The molecule has 12 heteroatoms. The van der Waals surface area contributed by atoms with E-state index in [1.54, 1.807) is 40.5 Å². The quantitative estimate of drug-likeness (QED) is 0.498. The van der Waals surface area contributed by atoms with Gasteiger partial charge in [-0.2, -0.15) is 4.31 Å². The van der Waals surface area contributed by atoms with Gasteiger partial charge >= 0.3 is 6.09 Å². The van der Waals surface area contributed by atoms with Crippen molar-refractivity contribution in [1.29, 1.82) is 0 Å². The lowest BCUT2D eigenvalue weighted by atomic mass is 9.65. The summed E-state index contributed by atoms with van der Waals surface area (Å²) >= 11 is 0. The maximum atomic E-state index is 13.3. The highest BCUT2D eigenvalue weighted by molar-refractivity contribution is 7.89. The molecule has 2 unspecified atom stereocenters. The molecule has 2 amide bonds. The first-order chi connectivity index (χ1) is 20.2. The van der Waals surface area contributed by atoms with Gasteiger partial charge in [-0.3, -0.25) is 4.79 Å². The molecule has 2 aromatic rings. The highest BCUT2D eigenvalue weighted by Gasteiger charge is 2.51. The summed E-state index contributed by atoms with van der Waals surface area (Å²) in [5.41, 5.74) is 1.21. The standard InChI is InChI=1S/C31H42N6O5S/c1-20-28(38)34(5)24-10-11-26(33-27(24)37(20)22-12-15-36(29(39)40)25(17-22)30(2,3)4)32-21-8-6-9-23(16-21)43(41,42)35-18-31(19-35)13-7-14-31/h6,8-11,16,20,22,25H,7,12-15,17-19H2,1-5H3,(H,32,33)(H,39,40)/t20-,22?,25?/m1/s1. The number of hydrogen-bond donors (Lipinski definition) is 2. The summed E-state index contributed by atoms with van der Waals surface area (Å²) in [6, 6.07) is 9.69. The Bertz CT molecular complexity index is 1540. The van der Waals surface area contributed by atoms with Crippen LogP contribution in [0.3, 0.4) is 0 Å². The number of likely N-dealkylation sites (N-methyl/N-ethyl adjacent to an activating group) is 1. The highest BCUT2D eigenvalue weighted by Crippen LogP contribution is 2.50. The van der Waals surface area contributed by atoms with Crippen LogP contribution in [0.4, 0.5) is 27.8 Å². The van der Waals surface area contributed by atoms with E-state index in [0.717, 1.165) is 12.8 Å². The molecule has 0 bridgehead atoms. The van der Waals surface area contributed by atoms with Crippen molar-refractivity contribution in [2.24, 2.45) is 10.8 Å². The summed E-state index contributed by atoms with van der Waals surface area (Å²) in [4.78, 5) is 35.8. The van der Waals surface area contributed by atoms with Crippen molar-refractivity contribution in [3.63, 3.8) is 0 Å². The molecule has 6 rings (SSSR count). The van der Waals surface area contributed by atoms with Gasteiger partial charge in [0.2, 0.25) is 15.9 Å². The second-order valence-electron chi connectivity index (χ2n) is 13.8. The molecular formula is C31H42N6O5S. The molecule has 1 aromatic heterocycles.